The van der Waals surface area contributed by atoms with E-state index < -0.39 is 0 Å². The van der Waals surface area contributed by atoms with Crippen molar-refractivity contribution in [2.75, 3.05) is 0 Å². The van der Waals surface area contributed by atoms with Crippen molar-refractivity contribution < 1.29 is 0 Å². The molecule has 0 fully saturated rings. The van der Waals surface area contributed by atoms with Crippen molar-refractivity contribution in [1.82, 2.24) is 24.5 Å². The molecular formula is C55H36N6. The van der Waals surface area contributed by atoms with Gasteiger partial charge in [0.25, 0.3) is 0 Å². The highest BCUT2D eigenvalue weighted by Crippen LogP contribution is 2.37. The van der Waals surface area contributed by atoms with Gasteiger partial charge in [0.2, 0.25) is 0 Å². The molecule has 0 radical (unpaired) electrons. The Morgan fingerprint density at radius 3 is 1.84 bits per heavy atom. The fourth-order valence-corrected chi connectivity index (χ4v) is 8.54. The Labute approximate surface area is 352 Å². The van der Waals surface area contributed by atoms with Crippen molar-refractivity contribution in [2.24, 2.45) is 0 Å². The minimum Gasteiger partial charge on any atom is -0.296 e. The van der Waals surface area contributed by atoms with Crippen LogP contribution in [0.4, 0.5) is 5.69 Å². The van der Waals surface area contributed by atoms with E-state index in [-0.39, 0.29) is 0 Å². The number of aromatic nitrogens is 5. The van der Waals surface area contributed by atoms with Gasteiger partial charge >= 0.3 is 0 Å². The summed E-state index contributed by atoms with van der Waals surface area (Å²) in [5.41, 5.74) is 11.1. The molecule has 0 spiro atoms. The smallest absolute Gasteiger partial charge is 0.187 e. The molecule has 286 valence electrons. The lowest BCUT2D eigenvalue weighted by atomic mass is 9.94. The number of aryl methyl sites for hydroxylation is 1. The van der Waals surface area contributed by atoms with E-state index in [1.807, 2.05) is 54.6 Å². The number of rotatable bonds is 7. The predicted octanol–water partition coefficient (Wildman–Crippen LogP) is 14.1. The normalized spacial score (nSPS) is 11.4. The largest absolute Gasteiger partial charge is 0.296 e. The summed E-state index contributed by atoms with van der Waals surface area (Å²) < 4.78 is 2.32. The monoisotopic (exact) mass is 780 g/mol. The zero-order valence-electron chi connectivity index (χ0n) is 33.3. The first kappa shape index (κ1) is 35.9. The third-order valence-electron chi connectivity index (χ3n) is 11.6. The topological polar surface area (TPSA) is 60.9 Å². The van der Waals surface area contributed by atoms with Crippen LogP contribution in [-0.2, 0) is 6.42 Å². The van der Waals surface area contributed by atoms with Gasteiger partial charge in [-0.1, -0.05) is 146 Å². The summed E-state index contributed by atoms with van der Waals surface area (Å²) in [6, 6.07) is 65.3. The SMILES string of the molecule is [C-]#[N+]c1ccc2ccc(-c3nc(-c4ccccc4)nc(-c4cccc(-c5ccc6cc(-c7ccc(-n8c(CC)nc9ccccc98)c8ccccc78)ccc6c5)c4)n3)cc2c1. The Bertz CT molecular complexity index is 3540. The van der Waals surface area contributed by atoms with E-state index in [0.29, 0.717) is 23.2 Å². The van der Waals surface area contributed by atoms with Gasteiger partial charge in [-0.15, -0.1) is 0 Å². The highest BCUT2D eigenvalue weighted by Gasteiger charge is 2.17. The summed E-state index contributed by atoms with van der Waals surface area (Å²) in [5.74, 6) is 2.83. The highest BCUT2D eigenvalue weighted by molar-refractivity contribution is 6.04. The Balaban J connectivity index is 0.956. The van der Waals surface area contributed by atoms with Crippen LogP contribution in [0.15, 0.2) is 188 Å². The maximum absolute atomic E-state index is 7.51. The van der Waals surface area contributed by atoms with E-state index in [4.69, 9.17) is 26.5 Å². The number of hydrogen-bond donors (Lipinski definition) is 0. The van der Waals surface area contributed by atoms with Gasteiger partial charge in [-0.2, -0.15) is 0 Å². The molecule has 9 aromatic carbocycles. The summed E-state index contributed by atoms with van der Waals surface area (Å²) in [6.45, 7) is 9.68. The average molecular weight is 781 g/mol. The van der Waals surface area contributed by atoms with Crippen molar-refractivity contribution in [3.05, 3.63) is 205 Å². The maximum atomic E-state index is 7.51. The van der Waals surface area contributed by atoms with Gasteiger partial charge in [0.1, 0.15) is 5.82 Å². The minimum absolute atomic E-state index is 0.578. The Morgan fingerprint density at radius 1 is 0.443 bits per heavy atom. The van der Waals surface area contributed by atoms with E-state index in [1.54, 1.807) is 0 Å². The standard InChI is InChI=1S/C55H36N6/c1-3-52-57-49-18-9-10-19-51(49)61(52)50-29-28-46(47-16-7-8-17-48(47)50)41-24-23-39-30-38(21-22-40(39)31-41)37-14-11-15-42(32-37)54-58-53(36-12-5-4-6-13-36)59-55(60-54)43-25-20-35-26-27-45(56-2)34-44(35)33-43/h4-34H,3H2,1H3. The summed E-state index contributed by atoms with van der Waals surface area (Å²) in [4.78, 5) is 23.6. The quantitative estimate of drug-likeness (QED) is 0.151. The molecular weight excluding hydrogens is 745 g/mol. The van der Waals surface area contributed by atoms with Gasteiger partial charge in [-0.05, 0) is 97.7 Å². The molecule has 6 nitrogen and oxygen atoms in total. The Hall–Kier alpha value is -8.27. The third kappa shape index (κ3) is 6.46. The fourth-order valence-electron chi connectivity index (χ4n) is 8.54. The molecule has 0 N–H and O–H groups in total. The Kier molecular flexibility index (Phi) is 8.72. The van der Waals surface area contributed by atoms with Crippen LogP contribution in [0.2, 0.25) is 0 Å². The molecule has 6 heteroatoms. The van der Waals surface area contributed by atoms with Crippen LogP contribution in [-0.4, -0.2) is 24.5 Å². The zero-order valence-corrected chi connectivity index (χ0v) is 33.3. The van der Waals surface area contributed by atoms with Crippen LogP contribution in [0, 0.1) is 6.57 Å². The van der Waals surface area contributed by atoms with Gasteiger partial charge in [-0.25, -0.2) is 24.8 Å². The fraction of sp³-hybridized carbons (Fsp3) is 0.0364. The van der Waals surface area contributed by atoms with Crippen LogP contribution in [0.1, 0.15) is 12.7 Å². The van der Waals surface area contributed by atoms with Crippen molar-refractivity contribution in [2.45, 2.75) is 13.3 Å². The lowest BCUT2D eigenvalue weighted by Crippen LogP contribution is -2.01. The number of benzene rings is 9. The molecule has 0 aliphatic heterocycles. The number of para-hydroxylation sites is 2. The number of fused-ring (bicyclic) bond motifs is 4. The number of hydrogen-bond acceptors (Lipinski definition) is 4. The molecule has 2 aromatic heterocycles. The first-order valence-electron chi connectivity index (χ1n) is 20.5. The van der Waals surface area contributed by atoms with Crippen LogP contribution in [0.3, 0.4) is 0 Å². The van der Waals surface area contributed by atoms with Crippen LogP contribution in [0.5, 0.6) is 0 Å². The Morgan fingerprint density at radius 2 is 1.03 bits per heavy atom. The maximum Gasteiger partial charge on any atom is 0.187 e. The lowest BCUT2D eigenvalue weighted by Gasteiger charge is -2.15. The van der Waals surface area contributed by atoms with E-state index in [0.717, 1.165) is 72.9 Å². The van der Waals surface area contributed by atoms with Gasteiger partial charge < -0.3 is 0 Å². The molecule has 11 aromatic rings. The molecule has 61 heavy (non-hydrogen) atoms. The highest BCUT2D eigenvalue weighted by atomic mass is 15.1. The van der Waals surface area contributed by atoms with E-state index in [9.17, 15) is 0 Å². The summed E-state index contributed by atoms with van der Waals surface area (Å²) in [7, 11) is 0. The first-order chi connectivity index (χ1) is 30.1. The summed E-state index contributed by atoms with van der Waals surface area (Å²) in [5, 5.41) is 6.77. The molecule has 2 heterocycles. The molecule has 0 saturated heterocycles. The molecule has 0 saturated carbocycles. The molecule has 0 aliphatic carbocycles. The first-order valence-corrected chi connectivity index (χ1v) is 20.5. The van der Waals surface area contributed by atoms with Crippen LogP contribution < -0.4 is 0 Å². The van der Waals surface area contributed by atoms with Gasteiger partial charge in [0, 0.05) is 28.5 Å². The van der Waals surface area contributed by atoms with Crippen LogP contribution >= 0.6 is 0 Å². The lowest BCUT2D eigenvalue weighted by molar-refractivity contribution is 0.913. The van der Waals surface area contributed by atoms with Gasteiger partial charge in [-0.3, -0.25) is 4.57 Å². The molecule has 0 atom stereocenters. The number of imidazole rings is 1. The second-order valence-electron chi connectivity index (χ2n) is 15.3. The van der Waals surface area contributed by atoms with Crippen molar-refractivity contribution >= 4 is 49.0 Å². The molecule has 11 rings (SSSR count). The van der Waals surface area contributed by atoms with Crippen LogP contribution in [0.25, 0.3) is 110 Å². The van der Waals surface area contributed by atoms with Crippen molar-refractivity contribution in [3.8, 4) is 62.1 Å². The van der Waals surface area contributed by atoms with Gasteiger partial charge in [0.15, 0.2) is 23.2 Å². The average Bonchev–Trinajstić information content (AvgIpc) is 3.71. The predicted molar refractivity (Wildman–Crippen MR) is 250 cm³/mol. The van der Waals surface area contributed by atoms with E-state index in [1.165, 1.54) is 27.3 Å². The third-order valence-corrected chi connectivity index (χ3v) is 11.6. The van der Waals surface area contributed by atoms with Crippen molar-refractivity contribution in [1.29, 1.82) is 0 Å². The second-order valence-corrected chi connectivity index (χ2v) is 15.3. The second kappa shape index (κ2) is 14.8. The summed E-state index contributed by atoms with van der Waals surface area (Å²) >= 11 is 0. The number of nitrogens with zero attached hydrogens (tertiary/aromatic N) is 6. The van der Waals surface area contributed by atoms with E-state index >= 15 is 0 Å². The van der Waals surface area contributed by atoms with Crippen molar-refractivity contribution in [3.63, 3.8) is 0 Å². The molecule has 0 amide bonds. The van der Waals surface area contributed by atoms with Gasteiger partial charge in [0.05, 0.1) is 23.3 Å². The minimum atomic E-state index is 0.578. The molecule has 0 aliphatic rings. The molecule has 0 unspecified atom stereocenters. The molecule has 0 bridgehead atoms. The van der Waals surface area contributed by atoms with E-state index in [2.05, 4.69) is 150 Å². The zero-order chi connectivity index (χ0) is 40.9. The summed E-state index contributed by atoms with van der Waals surface area (Å²) in [6.07, 6.45) is 0.842.